The summed E-state index contributed by atoms with van der Waals surface area (Å²) in [6.07, 6.45) is 6.60. The van der Waals surface area contributed by atoms with Gasteiger partial charge in [-0.15, -0.1) is 0 Å². The third-order valence-electron chi connectivity index (χ3n) is 4.97. The molecule has 0 saturated heterocycles. The molecule has 1 heterocycles. The first-order chi connectivity index (χ1) is 14.3. The molecule has 1 atom stereocenters. The average molecular weight is 406 g/mol. The molecule has 7 nitrogen and oxygen atoms in total. The summed E-state index contributed by atoms with van der Waals surface area (Å²) in [5.41, 5.74) is 2.15. The fourth-order valence-electron chi connectivity index (χ4n) is 3.34. The molecule has 3 rings (SSSR count). The number of amides is 3. The number of allylic oxidation sites excluding steroid dienone is 2. The Morgan fingerprint density at radius 1 is 1.07 bits per heavy atom. The molecule has 0 saturated carbocycles. The molecule has 2 N–H and O–H groups in total. The van der Waals surface area contributed by atoms with Gasteiger partial charge in [0, 0.05) is 20.5 Å². The number of carbonyl (C=O) groups excluding carboxylic acids is 3. The summed E-state index contributed by atoms with van der Waals surface area (Å²) in [4.78, 5) is 42.9. The van der Waals surface area contributed by atoms with Crippen molar-refractivity contribution in [1.29, 1.82) is 0 Å². The zero-order chi connectivity index (χ0) is 21.7. The number of pyridine rings is 1. The van der Waals surface area contributed by atoms with Crippen molar-refractivity contribution in [2.45, 2.75) is 26.2 Å². The largest absolute Gasteiger partial charge is 0.343 e. The van der Waals surface area contributed by atoms with Crippen LogP contribution in [-0.2, 0) is 4.79 Å². The Balaban J connectivity index is 1.72. The predicted octanol–water partition coefficient (Wildman–Crippen LogP) is 3.64. The van der Waals surface area contributed by atoms with Crippen molar-refractivity contribution in [2.24, 2.45) is 5.92 Å². The summed E-state index contributed by atoms with van der Waals surface area (Å²) in [7, 11) is 3.29. The number of hydrogen-bond donors (Lipinski definition) is 2. The van der Waals surface area contributed by atoms with E-state index >= 15 is 0 Å². The van der Waals surface area contributed by atoms with Crippen molar-refractivity contribution in [3.63, 3.8) is 0 Å². The van der Waals surface area contributed by atoms with Crippen molar-refractivity contribution in [2.75, 3.05) is 24.7 Å². The number of anilines is 2. The number of hydrogen-bond acceptors (Lipinski definition) is 4. The van der Waals surface area contributed by atoms with Crippen molar-refractivity contribution in [1.82, 2.24) is 9.88 Å². The molecule has 0 fully saturated rings. The van der Waals surface area contributed by atoms with Crippen LogP contribution in [0.1, 0.15) is 45.8 Å². The molecule has 1 aromatic carbocycles. The predicted molar refractivity (Wildman–Crippen MR) is 116 cm³/mol. The van der Waals surface area contributed by atoms with Crippen LogP contribution in [0.4, 0.5) is 11.4 Å². The Bertz CT molecular complexity index is 998. The van der Waals surface area contributed by atoms with E-state index in [4.69, 9.17) is 0 Å². The second-order valence-corrected chi connectivity index (χ2v) is 7.55. The fraction of sp³-hybridized carbons (Fsp3) is 0.304. The van der Waals surface area contributed by atoms with E-state index in [0.29, 0.717) is 29.1 Å². The number of aryl methyl sites for hydroxylation is 1. The smallest absolute Gasteiger partial charge is 0.271 e. The number of carbonyl (C=O) groups is 3. The van der Waals surface area contributed by atoms with Crippen LogP contribution in [0.5, 0.6) is 0 Å². The van der Waals surface area contributed by atoms with Crippen LogP contribution in [0.15, 0.2) is 48.6 Å². The van der Waals surface area contributed by atoms with Gasteiger partial charge in [0.15, 0.2) is 0 Å². The Kier molecular flexibility index (Phi) is 6.61. The minimum atomic E-state index is -0.357. The van der Waals surface area contributed by atoms with E-state index in [1.165, 1.54) is 11.0 Å². The van der Waals surface area contributed by atoms with E-state index in [1.54, 1.807) is 51.4 Å². The Morgan fingerprint density at radius 2 is 1.77 bits per heavy atom. The Morgan fingerprint density at radius 3 is 2.37 bits per heavy atom. The summed E-state index contributed by atoms with van der Waals surface area (Å²) in [6, 6.07) is 10.2. The highest BCUT2D eigenvalue weighted by molar-refractivity contribution is 6.08. The molecular weight excluding hydrogens is 380 g/mol. The number of nitrogens with one attached hydrogen (secondary N) is 2. The molecule has 7 heteroatoms. The molecule has 0 spiro atoms. The highest BCUT2D eigenvalue weighted by Crippen LogP contribution is 2.25. The van der Waals surface area contributed by atoms with E-state index in [2.05, 4.69) is 27.8 Å². The summed E-state index contributed by atoms with van der Waals surface area (Å²) in [5.74, 6) is -0.402. The van der Waals surface area contributed by atoms with Crippen molar-refractivity contribution in [3.05, 3.63) is 65.5 Å². The zero-order valence-corrected chi connectivity index (χ0v) is 17.4. The molecule has 1 aliphatic rings. The summed E-state index contributed by atoms with van der Waals surface area (Å²) in [5, 5.41) is 5.73. The van der Waals surface area contributed by atoms with Crippen molar-refractivity contribution in [3.8, 4) is 0 Å². The lowest BCUT2D eigenvalue weighted by atomic mass is 10.0. The highest BCUT2D eigenvalue weighted by Gasteiger charge is 2.18. The van der Waals surface area contributed by atoms with Gasteiger partial charge in [0.1, 0.15) is 5.69 Å². The van der Waals surface area contributed by atoms with Gasteiger partial charge in [-0.25, -0.2) is 4.98 Å². The quantitative estimate of drug-likeness (QED) is 0.717. The van der Waals surface area contributed by atoms with E-state index in [0.717, 1.165) is 12.8 Å². The number of aromatic nitrogens is 1. The molecule has 1 aliphatic carbocycles. The van der Waals surface area contributed by atoms with E-state index in [-0.39, 0.29) is 29.3 Å². The van der Waals surface area contributed by atoms with Crippen LogP contribution in [0.2, 0.25) is 0 Å². The van der Waals surface area contributed by atoms with Gasteiger partial charge in [0.2, 0.25) is 5.91 Å². The first kappa shape index (κ1) is 21.2. The number of rotatable bonds is 6. The lowest BCUT2D eigenvalue weighted by Crippen LogP contribution is -2.24. The van der Waals surface area contributed by atoms with Crippen LogP contribution in [0, 0.1) is 12.8 Å². The van der Waals surface area contributed by atoms with Crippen LogP contribution in [-0.4, -0.2) is 41.7 Å². The molecule has 2 aromatic rings. The van der Waals surface area contributed by atoms with Gasteiger partial charge in [-0.3, -0.25) is 14.4 Å². The number of benzene rings is 1. The third kappa shape index (κ3) is 5.11. The lowest BCUT2D eigenvalue weighted by Gasteiger charge is -2.15. The molecule has 0 radical (unpaired) electrons. The molecule has 156 valence electrons. The normalized spacial score (nSPS) is 15.0. The van der Waals surface area contributed by atoms with Gasteiger partial charge in [-0.05, 0) is 49.9 Å². The summed E-state index contributed by atoms with van der Waals surface area (Å²) < 4.78 is 0. The Labute approximate surface area is 176 Å². The van der Waals surface area contributed by atoms with Gasteiger partial charge in [0.25, 0.3) is 11.8 Å². The highest BCUT2D eigenvalue weighted by atomic mass is 16.2. The maximum Gasteiger partial charge on any atom is 0.271 e. The second-order valence-electron chi connectivity index (χ2n) is 7.55. The van der Waals surface area contributed by atoms with Crippen LogP contribution < -0.4 is 10.6 Å². The minimum Gasteiger partial charge on any atom is -0.343 e. The first-order valence-corrected chi connectivity index (χ1v) is 9.91. The molecular formula is C23H26N4O3. The number of nitrogens with zero attached hydrogens (tertiary/aromatic N) is 2. The van der Waals surface area contributed by atoms with Crippen LogP contribution >= 0.6 is 0 Å². The summed E-state index contributed by atoms with van der Waals surface area (Å²) in [6.45, 7) is 1.68. The summed E-state index contributed by atoms with van der Waals surface area (Å²) >= 11 is 0. The monoisotopic (exact) mass is 406 g/mol. The van der Waals surface area contributed by atoms with E-state index in [9.17, 15) is 14.4 Å². The van der Waals surface area contributed by atoms with Gasteiger partial charge in [-0.2, -0.15) is 0 Å². The maximum absolute atomic E-state index is 12.8. The maximum atomic E-state index is 12.8. The van der Waals surface area contributed by atoms with Crippen LogP contribution in [0.3, 0.4) is 0 Å². The second kappa shape index (κ2) is 9.35. The van der Waals surface area contributed by atoms with E-state index in [1.807, 2.05) is 0 Å². The van der Waals surface area contributed by atoms with E-state index < -0.39 is 0 Å². The molecule has 30 heavy (non-hydrogen) atoms. The van der Waals surface area contributed by atoms with Gasteiger partial charge in [0.05, 0.1) is 22.6 Å². The molecule has 0 bridgehead atoms. The van der Waals surface area contributed by atoms with Gasteiger partial charge >= 0.3 is 0 Å². The molecule has 1 aromatic heterocycles. The lowest BCUT2D eigenvalue weighted by molar-refractivity contribution is -0.116. The Hall–Kier alpha value is -3.48. The zero-order valence-electron chi connectivity index (χ0n) is 17.4. The molecule has 3 amide bonds. The average Bonchev–Trinajstić information content (AvgIpc) is 3.21. The fourth-order valence-corrected chi connectivity index (χ4v) is 3.34. The van der Waals surface area contributed by atoms with Crippen molar-refractivity contribution >= 4 is 29.1 Å². The number of para-hydroxylation sites is 2. The van der Waals surface area contributed by atoms with Gasteiger partial charge < -0.3 is 15.5 Å². The van der Waals surface area contributed by atoms with Crippen molar-refractivity contribution < 1.29 is 14.4 Å². The van der Waals surface area contributed by atoms with Crippen LogP contribution in [0.25, 0.3) is 0 Å². The van der Waals surface area contributed by atoms with Gasteiger partial charge in [-0.1, -0.05) is 24.3 Å². The topological polar surface area (TPSA) is 91.4 Å². The molecule has 1 unspecified atom stereocenters. The standard InChI is InChI=1S/C23H26N4O3/c1-15-17(12-13-20(24-15)23(30)27(2)3)22(29)26-19-11-7-6-10-18(19)25-21(28)14-16-8-4-5-9-16/h4,6-8,10-13,16H,5,9,14H2,1-3H3,(H,25,28)(H,26,29). The third-order valence-corrected chi connectivity index (χ3v) is 4.97. The SMILES string of the molecule is Cc1nc(C(=O)N(C)C)ccc1C(=O)Nc1ccccc1NC(=O)CC1C=CCC1. The molecule has 0 aliphatic heterocycles. The minimum absolute atomic E-state index is 0.0855. The first-order valence-electron chi connectivity index (χ1n) is 9.91.